The molecular weight excluding hydrogens is 328 g/mol. The molecule has 1 aromatic carbocycles. The van der Waals surface area contributed by atoms with E-state index in [4.69, 9.17) is 9.47 Å². The Morgan fingerprint density at radius 3 is 2.73 bits per heavy atom. The monoisotopic (exact) mass is 352 g/mol. The van der Waals surface area contributed by atoms with Crippen molar-refractivity contribution in [3.63, 3.8) is 0 Å². The second-order valence-electron chi connectivity index (χ2n) is 6.43. The lowest BCUT2D eigenvalue weighted by Gasteiger charge is -2.35. The number of methoxy groups -OCH3 is 2. The second kappa shape index (κ2) is 7.96. The Labute approximate surface area is 154 Å². The van der Waals surface area contributed by atoms with Crippen LogP contribution in [0.25, 0.3) is 0 Å². The van der Waals surface area contributed by atoms with Crippen LogP contribution in [0.3, 0.4) is 0 Å². The number of nitriles is 1. The van der Waals surface area contributed by atoms with Crippen molar-refractivity contribution in [1.29, 1.82) is 5.26 Å². The SMILES string of the molecule is COc1ccc(NC2CCCN(c3nc(C)ccc3C#N)C2)cc1OC. The fraction of sp³-hybridized carbons (Fsp3) is 0.400. The first-order valence-corrected chi connectivity index (χ1v) is 8.76. The number of pyridine rings is 1. The van der Waals surface area contributed by atoms with E-state index in [1.807, 2.05) is 37.3 Å². The van der Waals surface area contributed by atoms with Crippen LogP contribution in [0.1, 0.15) is 24.1 Å². The second-order valence-corrected chi connectivity index (χ2v) is 6.43. The average Bonchev–Trinajstić information content (AvgIpc) is 2.68. The van der Waals surface area contributed by atoms with Crippen molar-refractivity contribution in [1.82, 2.24) is 4.98 Å². The lowest BCUT2D eigenvalue weighted by molar-refractivity contribution is 0.355. The highest BCUT2D eigenvalue weighted by molar-refractivity contribution is 5.57. The summed E-state index contributed by atoms with van der Waals surface area (Å²) in [6.07, 6.45) is 2.12. The van der Waals surface area contributed by atoms with Crippen LogP contribution in [-0.4, -0.2) is 38.3 Å². The molecule has 0 bridgehead atoms. The molecule has 1 atom stereocenters. The number of benzene rings is 1. The van der Waals surface area contributed by atoms with Crippen molar-refractivity contribution >= 4 is 11.5 Å². The Morgan fingerprint density at radius 1 is 1.19 bits per heavy atom. The Balaban J connectivity index is 1.75. The highest BCUT2D eigenvalue weighted by Crippen LogP contribution is 2.31. The summed E-state index contributed by atoms with van der Waals surface area (Å²) in [4.78, 5) is 6.80. The predicted octanol–water partition coefficient (Wildman–Crippen LogP) is 3.36. The van der Waals surface area contributed by atoms with Crippen LogP contribution in [0, 0.1) is 18.3 Å². The van der Waals surface area contributed by atoms with Gasteiger partial charge in [0.05, 0.1) is 19.8 Å². The lowest BCUT2D eigenvalue weighted by atomic mass is 10.0. The lowest BCUT2D eigenvalue weighted by Crippen LogP contribution is -2.43. The Morgan fingerprint density at radius 2 is 2.00 bits per heavy atom. The molecule has 6 nitrogen and oxygen atoms in total. The third-order valence-corrected chi connectivity index (χ3v) is 4.61. The molecule has 3 rings (SSSR count). The van der Waals surface area contributed by atoms with Gasteiger partial charge in [-0.2, -0.15) is 5.26 Å². The number of hydrogen-bond acceptors (Lipinski definition) is 6. The number of aryl methyl sites for hydroxylation is 1. The molecule has 1 fully saturated rings. The summed E-state index contributed by atoms with van der Waals surface area (Å²) in [6, 6.07) is 12.1. The number of hydrogen-bond donors (Lipinski definition) is 1. The fourth-order valence-electron chi connectivity index (χ4n) is 3.32. The van der Waals surface area contributed by atoms with E-state index in [1.54, 1.807) is 14.2 Å². The summed E-state index contributed by atoms with van der Waals surface area (Å²) >= 11 is 0. The van der Waals surface area contributed by atoms with Crippen LogP contribution < -0.4 is 19.7 Å². The van der Waals surface area contributed by atoms with E-state index in [0.29, 0.717) is 17.1 Å². The van der Waals surface area contributed by atoms with Crippen LogP contribution in [0.4, 0.5) is 11.5 Å². The van der Waals surface area contributed by atoms with Gasteiger partial charge in [-0.3, -0.25) is 0 Å². The van der Waals surface area contributed by atoms with Crippen LogP contribution in [-0.2, 0) is 0 Å². The molecule has 0 aliphatic carbocycles. The van der Waals surface area contributed by atoms with E-state index < -0.39 is 0 Å². The van der Waals surface area contributed by atoms with Gasteiger partial charge in [-0.1, -0.05) is 0 Å². The quantitative estimate of drug-likeness (QED) is 0.890. The van der Waals surface area contributed by atoms with Gasteiger partial charge in [-0.15, -0.1) is 0 Å². The number of piperidine rings is 1. The first-order chi connectivity index (χ1) is 12.6. The van der Waals surface area contributed by atoms with Crippen LogP contribution in [0.15, 0.2) is 30.3 Å². The highest BCUT2D eigenvalue weighted by atomic mass is 16.5. The minimum atomic E-state index is 0.274. The molecule has 1 unspecified atom stereocenters. The molecule has 0 saturated carbocycles. The molecule has 136 valence electrons. The summed E-state index contributed by atoms with van der Waals surface area (Å²) in [7, 11) is 3.27. The number of anilines is 2. The number of aromatic nitrogens is 1. The van der Waals surface area contributed by atoms with E-state index >= 15 is 0 Å². The molecule has 1 aromatic heterocycles. The summed E-state index contributed by atoms with van der Waals surface area (Å²) in [5.41, 5.74) is 2.54. The van der Waals surface area contributed by atoms with Gasteiger partial charge in [0.1, 0.15) is 11.9 Å². The zero-order valence-corrected chi connectivity index (χ0v) is 15.5. The van der Waals surface area contributed by atoms with Gasteiger partial charge >= 0.3 is 0 Å². The third-order valence-electron chi connectivity index (χ3n) is 4.61. The number of nitrogens with one attached hydrogen (secondary N) is 1. The third kappa shape index (κ3) is 3.83. The molecule has 6 heteroatoms. The van der Waals surface area contributed by atoms with Crippen molar-refractivity contribution in [2.24, 2.45) is 0 Å². The minimum Gasteiger partial charge on any atom is -0.493 e. The number of ether oxygens (including phenoxy) is 2. The van der Waals surface area contributed by atoms with Crippen molar-refractivity contribution < 1.29 is 9.47 Å². The topological polar surface area (TPSA) is 70.4 Å². The van der Waals surface area contributed by atoms with Gasteiger partial charge in [0, 0.05) is 36.6 Å². The normalized spacial score (nSPS) is 16.7. The van der Waals surface area contributed by atoms with Gasteiger partial charge < -0.3 is 19.7 Å². The molecule has 0 spiro atoms. The molecule has 2 heterocycles. The first kappa shape index (κ1) is 17.9. The molecule has 1 aliphatic rings. The molecule has 0 radical (unpaired) electrons. The summed E-state index contributed by atoms with van der Waals surface area (Å²) in [5.74, 6) is 2.20. The van der Waals surface area contributed by atoms with Crippen LogP contribution in [0.5, 0.6) is 11.5 Å². The maximum absolute atomic E-state index is 9.39. The Kier molecular flexibility index (Phi) is 5.47. The fourth-order valence-corrected chi connectivity index (χ4v) is 3.32. The maximum atomic E-state index is 9.39. The predicted molar refractivity (Wildman–Crippen MR) is 102 cm³/mol. The summed E-state index contributed by atoms with van der Waals surface area (Å²) < 4.78 is 10.7. The highest BCUT2D eigenvalue weighted by Gasteiger charge is 2.23. The van der Waals surface area contributed by atoms with Gasteiger partial charge in [0.2, 0.25) is 0 Å². The number of rotatable bonds is 5. The smallest absolute Gasteiger partial charge is 0.162 e. The van der Waals surface area contributed by atoms with E-state index in [0.717, 1.165) is 43.1 Å². The van der Waals surface area contributed by atoms with Crippen LogP contribution in [0.2, 0.25) is 0 Å². The Hall–Kier alpha value is -2.94. The molecule has 1 aliphatic heterocycles. The molecule has 0 amide bonds. The van der Waals surface area contributed by atoms with Crippen molar-refractivity contribution in [3.8, 4) is 17.6 Å². The molecular formula is C20H24N4O2. The molecule has 1 N–H and O–H groups in total. The van der Waals surface area contributed by atoms with Gasteiger partial charge in [0.25, 0.3) is 0 Å². The first-order valence-electron chi connectivity index (χ1n) is 8.76. The molecule has 2 aromatic rings. The largest absolute Gasteiger partial charge is 0.493 e. The van der Waals surface area contributed by atoms with Gasteiger partial charge in [-0.25, -0.2) is 4.98 Å². The van der Waals surface area contributed by atoms with Gasteiger partial charge in [0.15, 0.2) is 11.5 Å². The Bertz CT molecular complexity index is 816. The average molecular weight is 352 g/mol. The summed E-state index contributed by atoms with van der Waals surface area (Å²) in [6.45, 7) is 3.67. The van der Waals surface area contributed by atoms with E-state index in [2.05, 4.69) is 21.3 Å². The summed E-state index contributed by atoms with van der Waals surface area (Å²) in [5, 5.41) is 13.0. The van der Waals surface area contributed by atoms with E-state index in [1.165, 1.54) is 0 Å². The van der Waals surface area contributed by atoms with E-state index in [-0.39, 0.29) is 6.04 Å². The van der Waals surface area contributed by atoms with Crippen molar-refractivity contribution in [2.75, 3.05) is 37.5 Å². The van der Waals surface area contributed by atoms with Crippen molar-refractivity contribution in [2.45, 2.75) is 25.8 Å². The van der Waals surface area contributed by atoms with Crippen LogP contribution >= 0.6 is 0 Å². The minimum absolute atomic E-state index is 0.274. The standard InChI is InChI=1S/C20H24N4O2/c1-14-6-7-15(12-21)20(22-14)24-10-4-5-17(13-24)23-16-8-9-18(25-2)19(11-16)26-3/h6-9,11,17,23H,4-5,10,13H2,1-3H3. The molecule has 26 heavy (non-hydrogen) atoms. The number of nitrogens with zero attached hydrogens (tertiary/aromatic N) is 3. The maximum Gasteiger partial charge on any atom is 0.162 e. The molecule has 1 saturated heterocycles. The van der Waals surface area contributed by atoms with Crippen molar-refractivity contribution in [3.05, 3.63) is 41.6 Å². The van der Waals surface area contributed by atoms with Gasteiger partial charge in [-0.05, 0) is 44.0 Å². The van der Waals surface area contributed by atoms with E-state index in [9.17, 15) is 5.26 Å². The zero-order chi connectivity index (χ0) is 18.5. The zero-order valence-electron chi connectivity index (χ0n) is 15.5.